The molecule has 0 atom stereocenters. The van der Waals surface area contributed by atoms with Gasteiger partial charge >= 0.3 is 8.80 Å². The molecule has 0 fully saturated rings. The fraction of sp³-hybridized carbons (Fsp3) is 0.857. The highest BCUT2D eigenvalue weighted by Gasteiger charge is 2.38. The molecule has 0 aliphatic carbocycles. The molecule has 0 saturated carbocycles. The lowest BCUT2D eigenvalue weighted by molar-refractivity contribution is -0.111. The van der Waals surface area contributed by atoms with Gasteiger partial charge in [-0.15, -0.1) is 0 Å². The summed E-state index contributed by atoms with van der Waals surface area (Å²) in [4.78, 5) is 10.5. The first-order valence-corrected chi connectivity index (χ1v) is 6.33. The van der Waals surface area contributed by atoms with Crippen LogP contribution in [-0.4, -0.2) is 34.9 Å². The molecule has 0 aromatic rings. The summed E-state index contributed by atoms with van der Waals surface area (Å²) in [6.07, 6.45) is 0.218. The van der Waals surface area contributed by atoms with E-state index in [1.165, 1.54) is 14.2 Å². The third-order valence-corrected chi connectivity index (χ3v) is 4.64. The summed E-state index contributed by atoms with van der Waals surface area (Å²) in [5.41, 5.74) is 0. The summed E-state index contributed by atoms with van der Waals surface area (Å²) in [5.74, 6) is 0. The highest BCUT2D eigenvalue weighted by Crippen LogP contribution is 2.16. The van der Waals surface area contributed by atoms with Crippen molar-refractivity contribution in [1.29, 1.82) is 0 Å². The molecule has 0 N–H and O–H groups in total. The van der Waals surface area contributed by atoms with Crippen LogP contribution in [0.15, 0.2) is 0 Å². The fourth-order valence-electron chi connectivity index (χ4n) is 0.949. The van der Waals surface area contributed by atoms with E-state index in [-0.39, 0.29) is 6.42 Å². The van der Waals surface area contributed by atoms with E-state index in [2.05, 4.69) is 0 Å². The van der Waals surface area contributed by atoms with Crippen molar-refractivity contribution in [3.8, 4) is 0 Å². The standard InChI is InChI=1S/C7H15ClO4Si/c1-4-12-13(10-2,11-3)6-5-7(8)9/h4-6H2,1-3H3. The normalized spacial score (nSPS) is 11.7. The van der Waals surface area contributed by atoms with Crippen molar-refractivity contribution >= 4 is 25.6 Å². The van der Waals surface area contributed by atoms with Crippen LogP contribution in [0, 0.1) is 0 Å². The maximum Gasteiger partial charge on any atom is 0.500 e. The molecular formula is C7H15ClO4Si. The molecule has 0 saturated heterocycles. The molecule has 0 radical (unpaired) electrons. The smallest absolute Gasteiger partial charge is 0.377 e. The van der Waals surface area contributed by atoms with Crippen LogP contribution < -0.4 is 0 Å². The molecule has 78 valence electrons. The van der Waals surface area contributed by atoms with Gasteiger partial charge in [0.2, 0.25) is 5.24 Å². The summed E-state index contributed by atoms with van der Waals surface area (Å²) in [6, 6.07) is 0.427. The minimum Gasteiger partial charge on any atom is -0.377 e. The van der Waals surface area contributed by atoms with E-state index in [1.54, 1.807) is 0 Å². The molecule has 0 unspecified atom stereocenters. The Labute approximate surface area is 84.5 Å². The Bertz CT molecular complexity index is 161. The SMILES string of the molecule is CCO[Si](CCC(=O)Cl)(OC)OC. The Morgan fingerprint density at radius 3 is 2.23 bits per heavy atom. The zero-order valence-corrected chi connectivity index (χ0v) is 9.89. The summed E-state index contributed by atoms with van der Waals surface area (Å²) < 4.78 is 15.7. The second-order valence-corrected chi connectivity index (χ2v) is 5.77. The average molecular weight is 227 g/mol. The predicted molar refractivity (Wildman–Crippen MR) is 51.7 cm³/mol. The lowest BCUT2D eigenvalue weighted by Crippen LogP contribution is -2.44. The molecule has 0 amide bonds. The van der Waals surface area contributed by atoms with Crippen LogP contribution in [0.5, 0.6) is 0 Å². The van der Waals surface area contributed by atoms with E-state index in [1.807, 2.05) is 6.92 Å². The van der Waals surface area contributed by atoms with Crippen LogP contribution >= 0.6 is 11.6 Å². The minimum atomic E-state index is -2.61. The summed E-state index contributed by atoms with van der Waals surface area (Å²) in [5, 5.41) is -0.398. The molecule has 0 aromatic heterocycles. The highest BCUT2D eigenvalue weighted by atomic mass is 35.5. The molecule has 4 nitrogen and oxygen atoms in total. The van der Waals surface area contributed by atoms with E-state index in [9.17, 15) is 4.79 Å². The number of hydrogen-bond donors (Lipinski definition) is 0. The third kappa shape index (κ3) is 4.73. The minimum absolute atomic E-state index is 0.218. The Kier molecular flexibility index (Phi) is 6.53. The van der Waals surface area contributed by atoms with Crippen LogP contribution in [0.4, 0.5) is 0 Å². The van der Waals surface area contributed by atoms with Gasteiger partial charge in [0.1, 0.15) is 0 Å². The molecule has 13 heavy (non-hydrogen) atoms. The van der Waals surface area contributed by atoms with Gasteiger partial charge in [-0.1, -0.05) is 0 Å². The molecule has 0 rings (SSSR count). The van der Waals surface area contributed by atoms with Crippen molar-refractivity contribution in [3.05, 3.63) is 0 Å². The van der Waals surface area contributed by atoms with Gasteiger partial charge in [0.25, 0.3) is 0 Å². The van der Waals surface area contributed by atoms with Crippen molar-refractivity contribution in [2.45, 2.75) is 19.4 Å². The van der Waals surface area contributed by atoms with Gasteiger partial charge in [0.05, 0.1) is 0 Å². The topological polar surface area (TPSA) is 44.8 Å². The molecule has 0 heterocycles. The molecule has 6 heteroatoms. The fourth-order valence-corrected chi connectivity index (χ4v) is 3.13. The molecular weight excluding hydrogens is 212 g/mol. The van der Waals surface area contributed by atoms with Crippen molar-refractivity contribution in [2.24, 2.45) is 0 Å². The lowest BCUT2D eigenvalue weighted by Gasteiger charge is -2.24. The van der Waals surface area contributed by atoms with Crippen LogP contribution in [0.3, 0.4) is 0 Å². The predicted octanol–water partition coefficient (Wildman–Crippen LogP) is 1.41. The summed E-state index contributed by atoms with van der Waals surface area (Å²) in [6.45, 7) is 2.35. The van der Waals surface area contributed by atoms with E-state index >= 15 is 0 Å². The van der Waals surface area contributed by atoms with Gasteiger partial charge in [-0.3, -0.25) is 4.79 Å². The second kappa shape index (κ2) is 6.50. The zero-order valence-electron chi connectivity index (χ0n) is 8.13. The Balaban J connectivity index is 4.12. The summed E-state index contributed by atoms with van der Waals surface area (Å²) in [7, 11) is 0.424. The molecule has 0 aliphatic rings. The zero-order chi connectivity index (χ0) is 10.3. The Morgan fingerprint density at radius 2 is 1.92 bits per heavy atom. The van der Waals surface area contributed by atoms with E-state index in [0.29, 0.717) is 12.7 Å². The molecule has 0 bridgehead atoms. The first-order valence-electron chi connectivity index (χ1n) is 4.02. The number of carbonyl (C=O) groups is 1. The number of hydrogen-bond acceptors (Lipinski definition) is 4. The van der Waals surface area contributed by atoms with E-state index in [0.717, 1.165) is 0 Å². The van der Waals surface area contributed by atoms with Crippen molar-refractivity contribution in [2.75, 3.05) is 20.8 Å². The largest absolute Gasteiger partial charge is 0.500 e. The summed E-state index contributed by atoms with van der Waals surface area (Å²) >= 11 is 5.21. The highest BCUT2D eigenvalue weighted by molar-refractivity contribution is 6.66. The van der Waals surface area contributed by atoms with Gasteiger partial charge in [0, 0.05) is 33.3 Å². The number of carbonyl (C=O) groups excluding carboxylic acids is 1. The van der Waals surface area contributed by atoms with Crippen LogP contribution in [0.1, 0.15) is 13.3 Å². The van der Waals surface area contributed by atoms with Crippen molar-refractivity contribution in [3.63, 3.8) is 0 Å². The van der Waals surface area contributed by atoms with E-state index in [4.69, 9.17) is 24.9 Å². The lowest BCUT2D eigenvalue weighted by atomic mass is 10.5. The van der Waals surface area contributed by atoms with Crippen LogP contribution in [0.2, 0.25) is 6.04 Å². The monoisotopic (exact) mass is 226 g/mol. The van der Waals surface area contributed by atoms with Gasteiger partial charge in [-0.2, -0.15) is 0 Å². The number of rotatable bonds is 7. The quantitative estimate of drug-likeness (QED) is 0.487. The second-order valence-electron chi connectivity index (χ2n) is 2.38. The number of halogens is 1. The van der Waals surface area contributed by atoms with Crippen LogP contribution in [0.25, 0.3) is 0 Å². The Hall–Kier alpha value is 0.0569. The molecule has 0 aliphatic heterocycles. The maximum absolute atomic E-state index is 10.5. The third-order valence-electron chi connectivity index (χ3n) is 1.61. The van der Waals surface area contributed by atoms with Crippen molar-refractivity contribution in [1.82, 2.24) is 0 Å². The Morgan fingerprint density at radius 1 is 1.38 bits per heavy atom. The first-order chi connectivity index (χ1) is 6.10. The van der Waals surface area contributed by atoms with Gasteiger partial charge < -0.3 is 13.3 Å². The van der Waals surface area contributed by atoms with Gasteiger partial charge in [0.15, 0.2) is 0 Å². The van der Waals surface area contributed by atoms with Crippen molar-refractivity contribution < 1.29 is 18.1 Å². The molecule has 0 spiro atoms. The van der Waals surface area contributed by atoms with Gasteiger partial charge in [-0.25, -0.2) is 0 Å². The molecule has 0 aromatic carbocycles. The average Bonchev–Trinajstić information content (AvgIpc) is 2.12. The van der Waals surface area contributed by atoms with Crippen LogP contribution in [-0.2, 0) is 18.1 Å². The first kappa shape index (κ1) is 13.1. The van der Waals surface area contributed by atoms with E-state index < -0.39 is 14.0 Å². The van der Waals surface area contributed by atoms with Gasteiger partial charge in [-0.05, 0) is 18.5 Å². The maximum atomic E-state index is 10.5.